The Morgan fingerprint density at radius 3 is 2.71 bits per heavy atom. The second kappa shape index (κ2) is 6.84. The molecule has 0 saturated heterocycles. The molecule has 0 aliphatic heterocycles. The molecule has 1 unspecified atom stereocenters. The predicted molar refractivity (Wildman–Crippen MR) is 93.4 cm³/mol. The van der Waals surface area contributed by atoms with Crippen LogP contribution >= 0.6 is 11.6 Å². The third-order valence-electron chi connectivity index (χ3n) is 3.84. The lowest BCUT2D eigenvalue weighted by molar-refractivity contribution is 0.0933. The molecule has 0 spiro atoms. The molecule has 1 aromatic carbocycles. The minimum absolute atomic E-state index is 0.0195. The van der Waals surface area contributed by atoms with Crippen molar-refractivity contribution in [1.82, 2.24) is 14.7 Å². The molecule has 0 fully saturated rings. The summed E-state index contributed by atoms with van der Waals surface area (Å²) in [7, 11) is 0. The monoisotopic (exact) mass is 341 g/mol. The Morgan fingerprint density at radius 1 is 1.25 bits per heavy atom. The van der Waals surface area contributed by atoms with E-state index in [0.717, 1.165) is 5.56 Å². The van der Waals surface area contributed by atoms with Gasteiger partial charge in [-0.1, -0.05) is 36.7 Å². The Balaban J connectivity index is 1.90. The summed E-state index contributed by atoms with van der Waals surface area (Å²) >= 11 is 5.90. The SMILES string of the molecule is CCC(NC(=O)c1cnc2ccccn2c1=O)c1ccc(Cl)cc1. The van der Waals surface area contributed by atoms with Crippen molar-refractivity contribution in [3.63, 3.8) is 0 Å². The van der Waals surface area contributed by atoms with E-state index in [0.29, 0.717) is 17.1 Å². The van der Waals surface area contributed by atoms with Crippen LogP contribution in [-0.4, -0.2) is 15.3 Å². The number of benzene rings is 1. The number of halogens is 1. The van der Waals surface area contributed by atoms with Gasteiger partial charge in [0.15, 0.2) is 0 Å². The van der Waals surface area contributed by atoms with E-state index in [1.54, 1.807) is 36.5 Å². The Morgan fingerprint density at radius 2 is 2.00 bits per heavy atom. The molecule has 1 amide bonds. The first kappa shape index (κ1) is 16.2. The van der Waals surface area contributed by atoms with Crippen LogP contribution in [0.15, 0.2) is 59.7 Å². The van der Waals surface area contributed by atoms with Crippen LogP contribution in [0.1, 0.15) is 35.3 Å². The van der Waals surface area contributed by atoms with Crippen molar-refractivity contribution in [2.45, 2.75) is 19.4 Å². The highest BCUT2D eigenvalue weighted by molar-refractivity contribution is 6.30. The molecule has 2 aromatic heterocycles. The number of amides is 1. The zero-order valence-electron chi connectivity index (χ0n) is 13.1. The predicted octanol–water partition coefficient (Wildman–Crippen LogP) is 3.23. The van der Waals surface area contributed by atoms with Crippen molar-refractivity contribution >= 4 is 23.2 Å². The van der Waals surface area contributed by atoms with Gasteiger partial charge in [-0.2, -0.15) is 0 Å². The fourth-order valence-corrected chi connectivity index (χ4v) is 2.66. The summed E-state index contributed by atoms with van der Waals surface area (Å²) in [6, 6.07) is 12.3. The van der Waals surface area contributed by atoms with Crippen LogP contribution in [-0.2, 0) is 0 Å². The first-order valence-corrected chi connectivity index (χ1v) is 8.00. The largest absolute Gasteiger partial charge is 0.345 e. The highest BCUT2D eigenvalue weighted by atomic mass is 35.5. The number of nitrogens with one attached hydrogen (secondary N) is 1. The lowest BCUT2D eigenvalue weighted by atomic mass is 10.0. The Kier molecular flexibility index (Phi) is 4.62. The van der Waals surface area contributed by atoms with Crippen LogP contribution in [0.2, 0.25) is 5.02 Å². The average molecular weight is 342 g/mol. The van der Waals surface area contributed by atoms with Crippen molar-refractivity contribution in [2.75, 3.05) is 0 Å². The molecule has 0 aliphatic rings. The minimum atomic E-state index is -0.437. The van der Waals surface area contributed by atoms with E-state index in [1.165, 1.54) is 10.6 Å². The molecule has 122 valence electrons. The average Bonchev–Trinajstić information content (AvgIpc) is 2.61. The normalized spacial score (nSPS) is 12.1. The molecule has 1 N–H and O–H groups in total. The number of rotatable bonds is 4. The molecule has 2 heterocycles. The second-order valence-electron chi connectivity index (χ2n) is 5.39. The van der Waals surface area contributed by atoms with Crippen LogP contribution < -0.4 is 10.9 Å². The number of fused-ring (bicyclic) bond motifs is 1. The van der Waals surface area contributed by atoms with Gasteiger partial charge in [-0.15, -0.1) is 0 Å². The number of hydrogen-bond donors (Lipinski definition) is 1. The molecule has 0 saturated carbocycles. The van der Waals surface area contributed by atoms with Gasteiger partial charge in [-0.3, -0.25) is 14.0 Å². The second-order valence-corrected chi connectivity index (χ2v) is 5.83. The molecule has 24 heavy (non-hydrogen) atoms. The van der Waals surface area contributed by atoms with Crippen molar-refractivity contribution in [1.29, 1.82) is 0 Å². The summed E-state index contributed by atoms with van der Waals surface area (Å²) in [5.41, 5.74) is 1.07. The third kappa shape index (κ3) is 3.16. The molecule has 1 atom stereocenters. The summed E-state index contributed by atoms with van der Waals surface area (Å²) in [4.78, 5) is 29.2. The highest BCUT2D eigenvalue weighted by Gasteiger charge is 2.18. The lowest BCUT2D eigenvalue weighted by Gasteiger charge is -2.17. The smallest absolute Gasteiger partial charge is 0.270 e. The summed E-state index contributed by atoms with van der Waals surface area (Å²) in [5, 5.41) is 3.52. The zero-order chi connectivity index (χ0) is 17.1. The van der Waals surface area contributed by atoms with Gasteiger partial charge in [0.25, 0.3) is 11.5 Å². The topological polar surface area (TPSA) is 63.5 Å². The van der Waals surface area contributed by atoms with E-state index < -0.39 is 5.91 Å². The molecular formula is C18H16ClN3O2. The van der Waals surface area contributed by atoms with Crippen LogP contribution in [0.5, 0.6) is 0 Å². The zero-order valence-corrected chi connectivity index (χ0v) is 13.8. The van der Waals surface area contributed by atoms with E-state index in [1.807, 2.05) is 19.1 Å². The Bertz CT molecular complexity index is 935. The van der Waals surface area contributed by atoms with Crippen molar-refractivity contribution in [2.24, 2.45) is 0 Å². The van der Waals surface area contributed by atoms with Crippen molar-refractivity contribution in [3.05, 3.63) is 81.4 Å². The van der Waals surface area contributed by atoms with Crippen molar-refractivity contribution in [3.8, 4) is 0 Å². The first-order chi connectivity index (χ1) is 11.6. The van der Waals surface area contributed by atoms with Gasteiger partial charge < -0.3 is 5.32 Å². The van der Waals surface area contributed by atoms with E-state index in [2.05, 4.69) is 10.3 Å². The molecule has 0 aliphatic carbocycles. The van der Waals surface area contributed by atoms with E-state index in [9.17, 15) is 9.59 Å². The number of carbonyl (C=O) groups excluding carboxylic acids is 1. The maximum absolute atomic E-state index is 12.5. The number of pyridine rings is 1. The maximum atomic E-state index is 12.5. The summed E-state index contributed by atoms with van der Waals surface area (Å²) in [5.74, 6) is -0.437. The molecule has 0 radical (unpaired) electrons. The van der Waals surface area contributed by atoms with Crippen LogP contribution in [0.3, 0.4) is 0 Å². The van der Waals surface area contributed by atoms with Gasteiger partial charge in [0.2, 0.25) is 0 Å². The summed E-state index contributed by atoms with van der Waals surface area (Å²) < 4.78 is 1.36. The molecule has 3 rings (SSSR count). The van der Waals surface area contributed by atoms with Crippen LogP contribution in [0.25, 0.3) is 5.65 Å². The highest BCUT2D eigenvalue weighted by Crippen LogP contribution is 2.19. The quantitative estimate of drug-likeness (QED) is 0.792. The molecule has 6 heteroatoms. The fourth-order valence-electron chi connectivity index (χ4n) is 2.53. The van der Waals surface area contributed by atoms with Gasteiger partial charge in [0.05, 0.1) is 6.04 Å². The van der Waals surface area contributed by atoms with Gasteiger partial charge in [0, 0.05) is 17.4 Å². The summed E-state index contributed by atoms with van der Waals surface area (Å²) in [6.45, 7) is 1.96. The maximum Gasteiger partial charge on any atom is 0.270 e. The summed E-state index contributed by atoms with van der Waals surface area (Å²) in [6.07, 6.45) is 3.61. The van der Waals surface area contributed by atoms with E-state index in [-0.39, 0.29) is 17.2 Å². The van der Waals surface area contributed by atoms with Crippen LogP contribution in [0.4, 0.5) is 0 Å². The molecular weight excluding hydrogens is 326 g/mol. The standard InChI is InChI=1S/C18H16ClN3O2/c1-2-15(12-6-8-13(19)9-7-12)21-17(23)14-11-20-16-5-3-4-10-22(16)18(14)24/h3-11,15H,2H2,1H3,(H,21,23). The number of aromatic nitrogens is 2. The van der Waals surface area contributed by atoms with E-state index in [4.69, 9.17) is 11.6 Å². The molecule has 3 aromatic rings. The lowest BCUT2D eigenvalue weighted by Crippen LogP contribution is -2.34. The Hall–Kier alpha value is -2.66. The third-order valence-corrected chi connectivity index (χ3v) is 4.10. The number of hydrogen-bond acceptors (Lipinski definition) is 3. The molecule has 0 bridgehead atoms. The fraction of sp³-hybridized carbons (Fsp3) is 0.167. The number of carbonyl (C=O) groups is 1. The number of nitrogens with zero attached hydrogens (tertiary/aromatic N) is 2. The van der Waals surface area contributed by atoms with Gasteiger partial charge >= 0.3 is 0 Å². The minimum Gasteiger partial charge on any atom is -0.345 e. The van der Waals surface area contributed by atoms with E-state index >= 15 is 0 Å². The first-order valence-electron chi connectivity index (χ1n) is 7.63. The van der Waals surface area contributed by atoms with Crippen LogP contribution in [0, 0.1) is 0 Å². The Labute approximate surface area is 143 Å². The van der Waals surface area contributed by atoms with Gasteiger partial charge in [0.1, 0.15) is 11.2 Å². The van der Waals surface area contributed by atoms with Crippen molar-refractivity contribution < 1.29 is 4.79 Å². The van der Waals surface area contributed by atoms with Gasteiger partial charge in [-0.05, 0) is 36.2 Å². The van der Waals surface area contributed by atoms with Gasteiger partial charge in [-0.25, -0.2) is 4.98 Å². The molecule has 5 nitrogen and oxygen atoms in total.